The summed E-state index contributed by atoms with van der Waals surface area (Å²) < 4.78 is 11.6. The fraction of sp³-hybridized carbons (Fsp3) is 0.609. The van der Waals surface area contributed by atoms with Gasteiger partial charge in [0.05, 0.1) is 6.61 Å². The van der Waals surface area contributed by atoms with Crippen LogP contribution in [0.15, 0.2) is 18.2 Å². The van der Waals surface area contributed by atoms with E-state index in [4.69, 9.17) is 9.47 Å². The summed E-state index contributed by atoms with van der Waals surface area (Å²) in [5.41, 5.74) is 1.50. The van der Waals surface area contributed by atoms with Gasteiger partial charge in [0.2, 0.25) is 11.8 Å². The molecule has 2 saturated heterocycles. The number of likely N-dealkylation sites (tertiary alicyclic amines) is 1. The van der Waals surface area contributed by atoms with Crippen LogP contribution in [-0.2, 0) is 20.7 Å². The van der Waals surface area contributed by atoms with Gasteiger partial charge in [0.1, 0.15) is 17.4 Å². The summed E-state index contributed by atoms with van der Waals surface area (Å²) in [5.74, 6) is 0.322. The van der Waals surface area contributed by atoms with E-state index in [-0.39, 0.29) is 23.3 Å². The van der Waals surface area contributed by atoms with E-state index in [2.05, 4.69) is 10.6 Å². The maximum atomic E-state index is 12.3. The van der Waals surface area contributed by atoms with Crippen molar-refractivity contribution in [1.82, 2.24) is 10.2 Å². The Balaban J connectivity index is 1.36. The second-order valence-corrected chi connectivity index (χ2v) is 9.90. The number of fused-ring (bicyclic) bond motifs is 1. The largest absolute Gasteiger partial charge is 0.493 e. The van der Waals surface area contributed by atoms with Crippen molar-refractivity contribution >= 4 is 23.6 Å². The van der Waals surface area contributed by atoms with Gasteiger partial charge in [-0.3, -0.25) is 14.9 Å². The molecule has 0 aliphatic carbocycles. The highest BCUT2D eigenvalue weighted by Crippen LogP contribution is 2.42. The van der Waals surface area contributed by atoms with Gasteiger partial charge in [-0.25, -0.2) is 4.79 Å². The van der Waals surface area contributed by atoms with Crippen LogP contribution in [0.5, 0.6) is 5.75 Å². The molecule has 0 saturated carbocycles. The average molecular weight is 430 g/mol. The van der Waals surface area contributed by atoms with Crippen LogP contribution in [0.1, 0.15) is 52.0 Å². The van der Waals surface area contributed by atoms with E-state index in [9.17, 15) is 14.4 Å². The monoisotopic (exact) mass is 429 g/mol. The van der Waals surface area contributed by atoms with Crippen molar-refractivity contribution in [3.63, 3.8) is 0 Å². The molecule has 0 radical (unpaired) electrons. The molecule has 31 heavy (non-hydrogen) atoms. The Morgan fingerprint density at radius 1 is 1.26 bits per heavy atom. The minimum Gasteiger partial charge on any atom is -0.493 e. The molecule has 168 valence electrons. The highest BCUT2D eigenvalue weighted by atomic mass is 16.6. The van der Waals surface area contributed by atoms with Gasteiger partial charge in [-0.2, -0.15) is 0 Å². The fourth-order valence-electron chi connectivity index (χ4n) is 4.45. The van der Waals surface area contributed by atoms with Gasteiger partial charge < -0.3 is 19.7 Å². The number of carbonyl (C=O) groups is 3. The third-order valence-corrected chi connectivity index (χ3v) is 6.22. The number of hydrogen-bond donors (Lipinski definition) is 2. The summed E-state index contributed by atoms with van der Waals surface area (Å²) in [6.45, 7) is 7.60. The van der Waals surface area contributed by atoms with Crippen LogP contribution in [0.4, 0.5) is 10.5 Å². The van der Waals surface area contributed by atoms with Gasteiger partial charge in [0.25, 0.3) is 0 Å². The van der Waals surface area contributed by atoms with Crippen LogP contribution in [0.2, 0.25) is 0 Å². The molecular formula is C23H31N3O5. The molecule has 2 N–H and O–H groups in total. The Hall–Kier alpha value is -2.77. The molecule has 2 fully saturated rings. The quantitative estimate of drug-likeness (QED) is 0.702. The first-order chi connectivity index (χ1) is 14.6. The molecule has 1 unspecified atom stereocenters. The first-order valence-corrected chi connectivity index (χ1v) is 11.0. The lowest BCUT2D eigenvalue weighted by atomic mass is 9.73. The zero-order valence-electron chi connectivity index (χ0n) is 18.5. The number of rotatable bonds is 2. The Kier molecular flexibility index (Phi) is 5.58. The van der Waals surface area contributed by atoms with Crippen LogP contribution in [0.25, 0.3) is 0 Å². The van der Waals surface area contributed by atoms with E-state index in [0.717, 1.165) is 36.3 Å². The second kappa shape index (κ2) is 8.05. The molecule has 8 nitrogen and oxygen atoms in total. The molecule has 4 rings (SSSR count). The number of nitrogens with zero attached hydrogens (tertiary/aromatic N) is 1. The molecule has 1 aromatic carbocycles. The number of piperidine rings is 2. The predicted octanol–water partition coefficient (Wildman–Crippen LogP) is 2.86. The zero-order chi connectivity index (χ0) is 22.2. The minimum atomic E-state index is -0.487. The van der Waals surface area contributed by atoms with Crippen molar-refractivity contribution in [3.8, 4) is 5.75 Å². The van der Waals surface area contributed by atoms with E-state index in [1.165, 1.54) is 0 Å². The van der Waals surface area contributed by atoms with Crippen LogP contribution in [0, 0.1) is 5.41 Å². The number of ether oxygens (including phenoxy) is 2. The van der Waals surface area contributed by atoms with Gasteiger partial charge in [0, 0.05) is 36.7 Å². The van der Waals surface area contributed by atoms with E-state index in [1.54, 1.807) is 4.90 Å². The molecule has 3 heterocycles. The SMILES string of the molecule is CC(C)(C)OC(=O)N1CCC2(CC1)COc1cc(NC3CCC(=O)NC3=O)ccc1C2. The Morgan fingerprint density at radius 3 is 2.68 bits per heavy atom. The number of benzene rings is 1. The summed E-state index contributed by atoms with van der Waals surface area (Å²) >= 11 is 0. The van der Waals surface area contributed by atoms with Crippen molar-refractivity contribution in [2.45, 2.75) is 64.5 Å². The number of hydrogen-bond acceptors (Lipinski definition) is 6. The predicted molar refractivity (Wildman–Crippen MR) is 115 cm³/mol. The first-order valence-electron chi connectivity index (χ1n) is 11.0. The minimum absolute atomic E-state index is 0.0318. The van der Waals surface area contributed by atoms with Crippen molar-refractivity contribution in [1.29, 1.82) is 0 Å². The van der Waals surface area contributed by atoms with Crippen molar-refractivity contribution in [2.24, 2.45) is 5.41 Å². The number of anilines is 1. The third kappa shape index (κ3) is 4.94. The molecule has 3 amide bonds. The Bertz CT molecular complexity index is 884. The Morgan fingerprint density at radius 2 is 2.00 bits per heavy atom. The highest BCUT2D eigenvalue weighted by molar-refractivity contribution is 6.01. The van der Waals surface area contributed by atoms with Gasteiger partial charge in [-0.05, 0) is 58.1 Å². The molecular weight excluding hydrogens is 398 g/mol. The van der Waals surface area contributed by atoms with Crippen molar-refractivity contribution in [3.05, 3.63) is 23.8 Å². The lowest BCUT2D eigenvalue weighted by Crippen LogP contribution is -2.49. The molecule has 1 atom stereocenters. The zero-order valence-corrected chi connectivity index (χ0v) is 18.5. The highest BCUT2D eigenvalue weighted by Gasteiger charge is 2.40. The number of amides is 3. The van der Waals surface area contributed by atoms with Gasteiger partial charge in [-0.15, -0.1) is 0 Å². The summed E-state index contributed by atoms with van der Waals surface area (Å²) in [4.78, 5) is 37.4. The van der Waals surface area contributed by atoms with Crippen LogP contribution in [-0.4, -0.2) is 54.1 Å². The summed E-state index contributed by atoms with van der Waals surface area (Å²) in [5, 5.41) is 5.57. The van der Waals surface area contributed by atoms with E-state index >= 15 is 0 Å². The van der Waals surface area contributed by atoms with E-state index in [0.29, 0.717) is 32.5 Å². The smallest absolute Gasteiger partial charge is 0.410 e. The van der Waals surface area contributed by atoms with Gasteiger partial charge in [0.15, 0.2) is 0 Å². The maximum absolute atomic E-state index is 12.3. The number of imide groups is 1. The normalized spacial score (nSPS) is 22.9. The molecule has 0 bridgehead atoms. The fourth-order valence-corrected chi connectivity index (χ4v) is 4.45. The summed E-state index contributed by atoms with van der Waals surface area (Å²) in [6.07, 6.45) is 3.24. The molecule has 0 aromatic heterocycles. The first kappa shape index (κ1) is 21.5. The lowest BCUT2D eigenvalue weighted by molar-refractivity contribution is -0.133. The van der Waals surface area contributed by atoms with Crippen molar-refractivity contribution in [2.75, 3.05) is 25.0 Å². The standard InChI is InChI=1S/C23H31N3O5/c1-22(2,3)31-21(29)26-10-8-23(9-11-26)13-15-4-5-16(12-18(15)30-14-23)24-17-6-7-19(27)25-20(17)28/h4-5,12,17,24H,6-11,13-14H2,1-3H3,(H,25,27,28). The van der Waals surface area contributed by atoms with Crippen molar-refractivity contribution < 1.29 is 23.9 Å². The van der Waals surface area contributed by atoms with Gasteiger partial charge >= 0.3 is 6.09 Å². The van der Waals surface area contributed by atoms with Crippen LogP contribution in [0.3, 0.4) is 0 Å². The van der Waals surface area contributed by atoms with Crippen LogP contribution >= 0.6 is 0 Å². The second-order valence-electron chi connectivity index (χ2n) is 9.90. The molecule has 3 aliphatic rings. The molecule has 1 spiro atoms. The van der Waals surface area contributed by atoms with E-state index in [1.807, 2.05) is 39.0 Å². The van der Waals surface area contributed by atoms with Crippen LogP contribution < -0.4 is 15.4 Å². The summed E-state index contributed by atoms with van der Waals surface area (Å²) in [7, 11) is 0. The summed E-state index contributed by atoms with van der Waals surface area (Å²) in [6, 6.07) is 5.52. The maximum Gasteiger partial charge on any atom is 0.410 e. The molecule has 1 aromatic rings. The van der Waals surface area contributed by atoms with E-state index < -0.39 is 11.6 Å². The third-order valence-electron chi connectivity index (χ3n) is 6.22. The number of carbonyl (C=O) groups excluding carboxylic acids is 3. The Labute approximate surface area is 182 Å². The van der Waals surface area contributed by atoms with Gasteiger partial charge in [-0.1, -0.05) is 6.07 Å². The molecule has 3 aliphatic heterocycles. The topological polar surface area (TPSA) is 97.0 Å². The number of nitrogens with one attached hydrogen (secondary N) is 2. The lowest BCUT2D eigenvalue weighted by Gasteiger charge is -2.44. The average Bonchev–Trinajstić information content (AvgIpc) is 2.69. The molecule has 8 heteroatoms.